The molecule has 3 N–H and O–H groups in total. The highest BCUT2D eigenvalue weighted by atomic mass is 127. The zero-order chi connectivity index (χ0) is 61.5. The van der Waals surface area contributed by atoms with Crippen LogP contribution >= 0.6 is 24.0 Å². The van der Waals surface area contributed by atoms with Crippen LogP contribution in [0.4, 0.5) is 26.3 Å². The topological polar surface area (TPSA) is 154 Å². The molecule has 0 fully saturated rings. The summed E-state index contributed by atoms with van der Waals surface area (Å²) in [5.41, 5.74) is 7.23. The monoisotopic (exact) mass is 1320 g/mol. The first kappa shape index (κ1) is 67.9. The summed E-state index contributed by atoms with van der Waals surface area (Å²) in [6, 6.07) is 42.5. The van der Waals surface area contributed by atoms with Crippen LogP contribution in [0.15, 0.2) is 163 Å². The van der Waals surface area contributed by atoms with Gasteiger partial charge in [0.05, 0.1) is 44.5 Å². The summed E-state index contributed by atoms with van der Waals surface area (Å²) in [5, 5.41) is 8.72. The van der Waals surface area contributed by atoms with E-state index in [1.807, 2.05) is 61.5 Å². The van der Waals surface area contributed by atoms with Crippen molar-refractivity contribution in [3.05, 3.63) is 219 Å². The minimum absolute atomic E-state index is 0. The van der Waals surface area contributed by atoms with E-state index >= 15 is 0 Å². The molecule has 2 aliphatic rings. The minimum atomic E-state index is -4.37. The van der Waals surface area contributed by atoms with E-state index < -0.39 is 51.7 Å². The Balaban J connectivity index is 0.000000214. The number of aryl methyl sites for hydroxylation is 3. The summed E-state index contributed by atoms with van der Waals surface area (Å²) in [6.45, 7) is 3.35. The molecule has 0 bridgehead atoms. The maximum Gasteiger partial charge on any atom is 0.416 e. The van der Waals surface area contributed by atoms with Gasteiger partial charge in [-0.25, -0.2) is 4.18 Å². The first-order valence-electron chi connectivity index (χ1n) is 27.5. The third-order valence-electron chi connectivity index (χ3n) is 14.9. The molecule has 21 heteroatoms. The molecule has 9 rings (SSSR count). The summed E-state index contributed by atoms with van der Waals surface area (Å²) in [7, 11) is 5.42. The molecule has 2 heterocycles. The van der Waals surface area contributed by atoms with Crippen molar-refractivity contribution in [3.8, 4) is 23.0 Å². The highest BCUT2D eigenvalue weighted by molar-refractivity contribution is 14.0. The van der Waals surface area contributed by atoms with E-state index in [9.17, 15) is 44.3 Å². The second kappa shape index (κ2) is 30.9. The Kier molecular flexibility index (Phi) is 24.4. The summed E-state index contributed by atoms with van der Waals surface area (Å²) < 4.78 is 129. The molecule has 2 amide bonds. The SMILES string of the molecule is CNC(=O)[C@@H](OS(=O)(=O)c1ccc(C)cc1)c1ccccc1.CNC(=O)[C@@H](c1ccccc1)N1CCc2cc(OC)c(OC)cc2[C@@H]1CCc1ccc(C(F)(F)F)cc1.COc1cc2c(cc1OC)[C@H](CCc1ccc(C(F)(F)F)cc1)NCC2.I. The molecule has 2 aliphatic heterocycles. The van der Waals surface area contributed by atoms with Crippen LogP contribution in [0.2, 0.25) is 0 Å². The van der Waals surface area contributed by atoms with Gasteiger partial charge in [-0.15, -0.1) is 24.0 Å². The van der Waals surface area contributed by atoms with E-state index in [4.69, 9.17) is 23.1 Å². The van der Waals surface area contributed by atoms with Gasteiger partial charge in [0.1, 0.15) is 6.04 Å². The summed E-state index contributed by atoms with van der Waals surface area (Å²) >= 11 is 0. The lowest BCUT2D eigenvalue weighted by Crippen LogP contribution is -2.44. The molecule has 0 saturated heterocycles. The highest BCUT2D eigenvalue weighted by Gasteiger charge is 2.38. The molecule has 0 saturated carbocycles. The van der Waals surface area contributed by atoms with Crippen molar-refractivity contribution >= 4 is 45.9 Å². The Morgan fingerprint density at radius 3 is 1.52 bits per heavy atom. The molecule has 86 heavy (non-hydrogen) atoms. The van der Waals surface area contributed by atoms with Crippen LogP contribution in [-0.4, -0.2) is 80.8 Å². The van der Waals surface area contributed by atoms with Crippen LogP contribution in [0.3, 0.4) is 0 Å². The zero-order valence-electron chi connectivity index (χ0n) is 48.7. The first-order valence-corrected chi connectivity index (χ1v) is 28.9. The Labute approximate surface area is 515 Å². The van der Waals surface area contributed by atoms with E-state index in [2.05, 4.69) is 20.9 Å². The number of likely N-dealkylation sites (N-methyl/N-ethyl adjacent to an activating group) is 2. The van der Waals surface area contributed by atoms with Crippen molar-refractivity contribution < 1.29 is 67.5 Å². The molecule has 0 spiro atoms. The van der Waals surface area contributed by atoms with Gasteiger partial charge in [-0.1, -0.05) is 103 Å². The maximum absolute atomic E-state index is 13.2. The van der Waals surface area contributed by atoms with Gasteiger partial charge in [-0.3, -0.25) is 14.5 Å². The van der Waals surface area contributed by atoms with Crippen LogP contribution < -0.4 is 34.9 Å². The lowest BCUT2D eigenvalue weighted by Gasteiger charge is -2.42. The fourth-order valence-corrected chi connectivity index (χ4v) is 11.4. The Morgan fingerprint density at radius 1 is 0.593 bits per heavy atom. The normalized spacial score (nSPS) is 15.5. The summed E-state index contributed by atoms with van der Waals surface area (Å²) in [6.07, 6.45) is -5.62. The molecule has 0 aliphatic carbocycles. The number of methoxy groups -OCH3 is 4. The molecule has 7 aromatic carbocycles. The highest BCUT2D eigenvalue weighted by Crippen LogP contribution is 2.44. The van der Waals surface area contributed by atoms with Crippen LogP contribution in [0, 0.1) is 6.92 Å². The number of halogens is 7. The van der Waals surface area contributed by atoms with E-state index in [0.717, 1.165) is 82.8 Å². The van der Waals surface area contributed by atoms with Crippen molar-refractivity contribution in [1.82, 2.24) is 20.9 Å². The van der Waals surface area contributed by atoms with Crippen LogP contribution in [0.25, 0.3) is 0 Å². The maximum atomic E-state index is 13.2. The number of nitrogens with one attached hydrogen (secondary N) is 3. The number of benzene rings is 7. The number of alkyl halides is 6. The van der Waals surface area contributed by atoms with Gasteiger partial charge in [-0.2, -0.15) is 34.8 Å². The predicted octanol–water partition coefficient (Wildman–Crippen LogP) is 13.1. The molecule has 0 unspecified atom stereocenters. The van der Waals surface area contributed by atoms with Crippen LogP contribution in [0.1, 0.15) is 98.3 Å². The number of ether oxygens (including phenoxy) is 4. The van der Waals surface area contributed by atoms with Crippen LogP contribution in [0.5, 0.6) is 23.0 Å². The molecular formula is C65H71F6IN4O9S. The van der Waals surface area contributed by atoms with Crippen molar-refractivity contribution in [2.75, 3.05) is 55.6 Å². The average molecular weight is 1330 g/mol. The fraction of sp³-hybridized carbons (Fsp3) is 0.323. The average Bonchev–Trinajstić information content (AvgIpc) is 2.70. The molecule has 7 aromatic rings. The number of amides is 2. The zero-order valence-corrected chi connectivity index (χ0v) is 51.8. The smallest absolute Gasteiger partial charge is 0.416 e. The number of hydrogen-bond donors (Lipinski definition) is 3. The van der Waals surface area contributed by atoms with Crippen molar-refractivity contribution in [3.63, 3.8) is 0 Å². The quantitative estimate of drug-likeness (QED) is 0.0427. The van der Waals surface area contributed by atoms with Gasteiger partial charge in [0.15, 0.2) is 29.1 Å². The van der Waals surface area contributed by atoms with Crippen molar-refractivity contribution in [1.29, 1.82) is 0 Å². The Bertz CT molecular complexity index is 3440. The third kappa shape index (κ3) is 17.5. The number of rotatable bonds is 18. The molecule has 4 atom stereocenters. The van der Waals surface area contributed by atoms with E-state index in [1.54, 1.807) is 90.1 Å². The van der Waals surface area contributed by atoms with Crippen molar-refractivity contribution in [2.45, 2.75) is 86.9 Å². The molecule has 460 valence electrons. The third-order valence-corrected chi connectivity index (χ3v) is 16.2. The van der Waals surface area contributed by atoms with Crippen molar-refractivity contribution in [2.24, 2.45) is 0 Å². The van der Waals surface area contributed by atoms with Gasteiger partial charge in [0.2, 0.25) is 5.91 Å². The van der Waals surface area contributed by atoms with Gasteiger partial charge >= 0.3 is 12.4 Å². The van der Waals surface area contributed by atoms with Gasteiger partial charge in [-0.05, 0) is 157 Å². The lowest BCUT2D eigenvalue weighted by atomic mass is 9.86. The fourth-order valence-electron chi connectivity index (χ4n) is 10.4. The Morgan fingerprint density at radius 2 is 1.05 bits per heavy atom. The number of carbonyl (C=O) groups excluding carboxylic acids is 2. The summed E-state index contributed by atoms with van der Waals surface area (Å²) in [5.74, 6) is 2.00. The van der Waals surface area contributed by atoms with E-state index in [0.29, 0.717) is 55.0 Å². The molecule has 0 radical (unpaired) electrons. The predicted molar refractivity (Wildman–Crippen MR) is 328 cm³/mol. The standard InChI is InChI=1S/C29H31F3N2O3.C20H22F3NO2.C16H17NO4S.HI/c1-33-28(35)27(20-7-5-4-6-8-20)34-16-15-21-17-25(36-2)26(37-3)18-23(21)24(34)14-11-19-9-12-22(13-10-19)29(30,31)32;1-25-18-11-14-9-10-24-17(16(14)12-19(18)26-2)8-5-13-3-6-15(7-4-13)20(21,22)23;1-12-8-10-14(11-9-12)22(19,20)21-15(16(18)17-2)13-6-4-3-5-7-13;/h4-10,12-13,17-18,24,27H,11,14-16H2,1-3H3,(H,33,35);3-4,6-7,11-12,17,24H,5,8-10H2,1-2H3;3-11,15H,1-2H3,(H,17,18);1H/t24-,27+;17-;15-;/m000./s1. The second-order valence-corrected chi connectivity index (χ2v) is 21.8. The number of nitrogens with zero attached hydrogens (tertiary/aromatic N) is 1. The van der Waals surface area contributed by atoms with E-state index in [1.165, 1.54) is 42.4 Å². The van der Waals surface area contributed by atoms with Gasteiger partial charge in [0, 0.05) is 32.7 Å². The summed E-state index contributed by atoms with van der Waals surface area (Å²) in [4.78, 5) is 27.4. The van der Waals surface area contributed by atoms with E-state index in [-0.39, 0.29) is 46.9 Å². The molecule has 0 aromatic heterocycles. The lowest BCUT2D eigenvalue weighted by molar-refractivity contribution is -0.138. The number of carbonyl (C=O) groups is 2. The first-order chi connectivity index (χ1) is 40.6. The number of fused-ring (bicyclic) bond motifs is 2. The van der Waals surface area contributed by atoms with Crippen LogP contribution in [-0.2, 0) is 61.9 Å². The minimum Gasteiger partial charge on any atom is -0.493 e. The number of hydrogen-bond acceptors (Lipinski definition) is 11. The van der Waals surface area contributed by atoms with Gasteiger partial charge in [0.25, 0.3) is 16.0 Å². The molecule has 13 nitrogen and oxygen atoms in total. The molecular weight excluding hydrogens is 1250 g/mol. The second-order valence-electron chi connectivity index (χ2n) is 20.2. The Hall–Kier alpha value is -7.18. The largest absolute Gasteiger partial charge is 0.493 e. The van der Waals surface area contributed by atoms with Gasteiger partial charge < -0.3 is 34.9 Å².